The number of nitrogens with zero attached hydrogens (tertiary/aromatic N) is 4. The topological polar surface area (TPSA) is 64.7 Å². The van der Waals surface area contributed by atoms with Crippen molar-refractivity contribution in [3.8, 4) is 0 Å². The van der Waals surface area contributed by atoms with Crippen LogP contribution in [0.3, 0.4) is 0 Å². The number of carbonyl (C=O) groups is 1. The Morgan fingerprint density at radius 1 is 1.38 bits per heavy atom. The van der Waals surface area contributed by atoms with Gasteiger partial charge in [-0.1, -0.05) is 13.8 Å². The smallest absolute Gasteiger partial charge is 0.230 e. The van der Waals surface area contributed by atoms with Gasteiger partial charge in [-0.05, 0) is 19.8 Å². The molecular weight excluding hydrogens is 266 g/mol. The summed E-state index contributed by atoms with van der Waals surface area (Å²) in [5.74, 6) is 1.18. The van der Waals surface area contributed by atoms with E-state index in [9.17, 15) is 4.79 Å². The fourth-order valence-electron chi connectivity index (χ4n) is 2.35. The third-order valence-corrected chi connectivity index (χ3v) is 3.52. The van der Waals surface area contributed by atoms with Gasteiger partial charge in [-0.25, -0.2) is 4.68 Å². The highest BCUT2D eigenvalue weighted by Crippen LogP contribution is 2.14. The predicted octanol–water partition coefficient (Wildman–Crippen LogP) is 2.07. The Morgan fingerprint density at radius 3 is 2.67 bits per heavy atom. The van der Waals surface area contributed by atoms with E-state index in [1.165, 1.54) is 0 Å². The number of nitrogens with one attached hydrogen (secondary N) is 1. The lowest BCUT2D eigenvalue weighted by Crippen LogP contribution is -2.19. The monoisotopic (exact) mass is 289 g/mol. The molecule has 6 nitrogen and oxygen atoms in total. The van der Waals surface area contributed by atoms with Gasteiger partial charge in [-0.15, -0.1) is 0 Å². The molecule has 0 aliphatic rings. The van der Waals surface area contributed by atoms with Crippen LogP contribution in [0.2, 0.25) is 0 Å². The average molecular weight is 289 g/mol. The largest absolute Gasteiger partial charge is 0.311 e. The van der Waals surface area contributed by atoms with Crippen molar-refractivity contribution in [3.63, 3.8) is 0 Å². The third kappa shape index (κ3) is 3.51. The highest BCUT2D eigenvalue weighted by Gasteiger charge is 2.15. The summed E-state index contributed by atoms with van der Waals surface area (Å²) >= 11 is 0. The van der Waals surface area contributed by atoms with Crippen LogP contribution in [0, 0.1) is 19.8 Å². The molecule has 0 fully saturated rings. The van der Waals surface area contributed by atoms with Gasteiger partial charge in [0.25, 0.3) is 0 Å². The molecular formula is C15H23N5O. The van der Waals surface area contributed by atoms with Crippen LogP contribution in [0.25, 0.3) is 0 Å². The minimum absolute atomic E-state index is 0.0419. The lowest BCUT2D eigenvalue weighted by atomic mass is 10.1. The van der Waals surface area contributed by atoms with E-state index in [0.29, 0.717) is 12.3 Å². The highest BCUT2D eigenvalue weighted by molar-refractivity contribution is 5.91. The fourth-order valence-corrected chi connectivity index (χ4v) is 2.35. The molecule has 1 amide bonds. The van der Waals surface area contributed by atoms with E-state index in [-0.39, 0.29) is 5.91 Å². The average Bonchev–Trinajstić information content (AvgIpc) is 2.89. The Kier molecular flexibility index (Phi) is 4.45. The standard InChI is InChI=1S/C15H23N5O/c1-10(2)9-20-14(6-7-16-20)17-15(21)8-13-11(3)18-19(5)12(13)4/h6-7,10H,8-9H2,1-5H3,(H,17,21). The van der Waals surface area contributed by atoms with Crippen LogP contribution in [-0.4, -0.2) is 25.5 Å². The van der Waals surface area contributed by atoms with Crippen LogP contribution in [0.1, 0.15) is 30.8 Å². The number of anilines is 1. The highest BCUT2D eigenvalue weighted by atomic mass is 16.1. The Balaban J connectivity index is 2.07. The van der Waals surface area contributed by atoms with Gasteiger partial charge < -0.3 is 5.32 Å². The number of rotatable bonds is 5. The zero-order chi connectivity index (χ0) is 15.6. The van der Waals surface area contributed by atoms with Crippen LogP contribution in [0.15, 0.2) is 12.3 Å². The summed E-state index contributed by atoms with van der Waals surface area (Å²) < 4.78 is 3.63. The van der Waals surface area contributed by atoms with Crippen LogP contribution in [0.4, 0.5) is 5.82 Å². The predicted molar refractivity (Wildman–Crippen MR) is 82.1 cm³/mol. The van der Waals surface area contributed by atoms with Gasteiger partial charge in [0.15, 0.2) is 0 Å². The van der Waals surface area contributed by atoms with Crippen molar-refractivity contribution in [1.29, 1.82) is 0 Å². The van der Waals surface area contributed by atoms with Gasteiger partial charge in [0.1, 0.15) is 5.82 Å². The summed E-state index contributed by atoms with van der Waals surface area (Å²) in [6.07, 6.45) is 2.04. The van der Waals surface area contributed by atoms with Gasteiger partial charge in [-0.3, -0.25) is 9.48 Å². The molecule has 6 heteroatoms. The molecule has 2 aromatic heterocycles. The molecule has 2 heterocycles. The molecule has 0 aliphatic heterocycles. The fraction of sp³-hybridized carbons (Fsp3) is 0.533. The molecule has 2 aromatic rings. The maximum absolute atomic E-state index is 12.2. The van der Waals surface area contributed by atoms with Crippen molar-refractivity contribution in [3.05, 3.63) is 29.2 Å². The Hall–Kier alpha value is -2.11. The first-order valence-corrected chi connectivity index (χ1v) is 7.19. The van der Waals surface area contributed by atoms with Crippen molar-refractivity contribution in [2.45, 2.75) is 40.7 Å². The molecule has 0 aromatic carbocycles. The first-order valence-electron chi connectivity index (χ1n) is 7.19. The Labute approximate surface area is 125 Å². The molecule has 1 N–H and O–H groups in total. The van der Waals surface area contributed by atoms with Crippen LogP contribution >= 0.6 is 0 Å². The normalized spacial score (nSPS) is 11.1. The van der Waals surface area contributed by atoms with E-state index in [1.54, 1.807) is 10.9 Å². The number of aromatic nitrogens is 4. The molecule has 0 aliphatic carbocycles. The summed E-state index contributed by atoms with van der Waals surface area (Å²) in [7, 11) is 1.89. The second-order valence-electron chi connectivity index (χ2n) is 5.79. The molecule has 114 valence electrons. The van der Waals surface area contributed by atoms with Gasteiger partial charge >= 0.3 is 0 Å². The Bertz CT molecular complexity index is 639. The molecule has 0 spiro atoms. The van der Waals surface area contributed by atoms with Crippen molar-refractivity contribution in [1.82, 2.24) is 19.6 Å². The van der Waals surface area contributed by atoms with Crippen molar-refractivity contribution in [2.24, 2.45) is 13.0 Å². The second-order valence-corrected chi connectivity index (χ2v) is 5.79. The van der Waals surface area contributed by atoms with Gasteiger partial charge in [0, 0.05) is 30.9 Å². The van der Waals surface area contributed by atoms with Crippen LogP contribution in [-0.2, 0) is 24.8 Å². The number of hydrogen-bond acceptors (Lipinski definition) is 3. The molecule has 0 saturated carbocycles. The summed E-state index contributed by atoms with van der Waals surface area (Å²) in [5, 5.41) is 11.5. The van der Waals surface area contributed by atoms with Crippen molar-refractivity contribution in [2.75, 3.05) is 5.32 Å². The van der Waals surface area contributed by atoms with E-state index in [0.717, 1.165) is 29.3 Å². The van der Waals surface area contributed by atoms with Crippen LogP contribution in [0.5, 0.6) is 0 Å². The maximum Gasteiger partial charge on any atom is 0.230 e. The number of hydrogen-bond donors (Lipinski definition) is 1. The Morgan fingerprint density at radius 2 is 2.10 bits per heavy atom. The van der Waals surface area contributed by atoms with Crippen molar-refractivity contribution >= 4 is 11.7 Å². The van der Waals surface area contributed by atoms with Gasteiger partial charge in [0.05, 0.1) is 18.3 Å². The number of carbonyl (C=O) groups excluding carboxylic acids is 1. The molecule has 0 unspecified atom stereocenters. The minimum Gasteiger partial charge on any atom is -0.311 e. The summed E-state index contributed by atoms with van der Waals surface area (Å²) in [6.45, 7) is 8.93. The summed E-state index contributed by atoms with van der Waals surface area (Å²) in [4.78, 5) is 12.2. The van der Waals surface area contributed by atoms with E-state index >= 15 is 0 Å². The summed E-state index contributed by atoms with van der Waals surface area (Å²) in [5.41, 5.74) is 2.92. The summed E-state index contributed by atoms with van der Waals surface area (Å²) in [6, 6.07) is 1.82. The maximum atomic E-state index is 12.2. The molecule has 0 radical (unpaired) electrons. The molecule has 0 atom stereocenters. The number of aryl methyl sites for hydroxylation is 2. The zero-order valence-electron chi connectivity index (χ0n) is 13.3. The first kappa shape index (κ1) is 15.3. The first-order chi connectivity index (χ1) is 9.88. The molecule has 0 bridgehead atoms. The molecule has 0 saturated heterocycles. The SMILES string of the molecule is Cc1nn(C)c(C)c1CC(=O)Nc1ccnn1CC(C)C. The van der Waals surface area contributed by atoms with Crippen LogP contribution < -0.4 is 5.32 Å². The third-order valence-electron chi connectivity index (χ3n) is 3.52. The molecule has 2 rings (SSSR count). The molecule has 21 heavy (non-hydrogen) atoms. The van der Waals surface area contributed by atoms with E-state index in [1.807, 2.05) is 31.6 Å². The van der Waals surface area contributed by atoms with E-state index in [2.05, 4.69) is 29.4 Å². The van der Waals surface area contributed by atoms with Crippen molar-refractivity contribution < 1.29 is 4.79 Å². The van der Waals surface area contributed by atoms with E-state index < -0.39 is 0 Å². The second kappa shape index (κ2) is 6.11. The lowest BCUT2D eigenvalue weighted by molar-refractivity contribution is -0.115. The zero-order valence-corrected chi connectivity index (χ0v) is 13.3. The minimum atomic E-state index is -0.0419. The number of amides is 1. The van der Waals surface area contributed by atoms with E-state index in [4.69, 9.17) is 0 Å². The lowest BCUT2D eigenvalue weighted by Gasteiger charge is -2.11. The quantitative estimate of drug-likeness (QED) is 0.916. The van der Waals surface area contributed by atoms with Gasteiger partial charge in [-0.2, -0.15) is 10.2 Å². The van der Waals surface area contributed by atoms with Gasteiger partial charge in [0.2, 0.25) is 5.91 Å².